The summed E-state index contributed by atoms with van der Waals surface area (Å²) in [7, 11) is 1.93. The molecule has 22 heavy (non-hydrogen) atoms. The molecule has 3 rings (SSSR count). The Labute approximate surface area is 129 Å². The predicted molar refractivity (Wildman–Crippen MR) is 79.0 cm³/mol. The maximum atomic E-state index is 11.9. The minimum absolute atomic E-state index is 0.0679. The molecule has 1 saturated carbocycles. The first-order valence-corrected chi connectivity index (χ1v) is 7.77. The highest BCUT2D eigenvalue weighted by Crippen LogP contribution is 2.17. The normalized spacial score (nSPS) is 15.3. The van der Waals surface area contributed by atoms with Crippen LogP contribution in [0.15, 0.2) is 17.0 Å². The van der Waals surface area contributed by atoms with Crippen molar-refractivity contribution in [3.8, 4) is 0 Å². The van der Waals surface area contributed by atoms with Crippen LogP contribution in [-0.4, -0.2) is 31.6 Å². The fraction of sp³-hybridized carbons (Fsp3) is 0.600. The first kappa shape index (κ1) is 14.7. The van der Waals surface area contributed by atoms with Crippen molar-refractivity contribution < 1.29 is 9.32 Å². The van der Waals surface area contributed by atoms with Crippen molar-refractivity contribution >= 4 is 5.91 Å². The maximum absolute atomic E-state index is 11.9. The topological polar surface area (TPSA) is 85.8 Å². The molecule has 7 heteroatoms. The quantitative estimate of drug-likeness (QED) is 0.871. The van der Waals surface area contributed by atoms with Crippen LogP contribution >= 0.6 is 0 Å². The lowest BCUT2D eigenvalue weighted by Crippen LogP contribution is -2.32. The zero-order valence-corrected chi connectivity index (χ0v) is 12.8. The summed E-state index contributed by atoms with van der Waals surface area (Å²) in [6.45, 7) is 0. The minimum Gasteiger partial charge on any atom is -0.353 e. The van der Waals surface area contributed by atoms with Crippen LogP contribution in [0.4, 0.5) is 0 Å². The fourth-order valence-electron chi connectivity index (χ4n) is 2.77. The summed E-state index contributed by atoms with van der Waals surface area (Å²) in [4.78, 5) is 20.3. The molecule has 2 aromatic heterocycles. The van der Waals surface area contributed by atoms with Crippen molar-refractivity contribution in [3.63, 3.8) is 0 Å². The van der Waals surface area contributed by atoms with Crippen molar-refractivity contribution in [2.45, 2.75) is 51.0 Å². The molecule has 0 spiro atoms. The monoisotopic (exact) mass is 303 g/mol. The standard InChI is InChI=1S/C15H21N5O2/c1-20-10-16-9-12(20)8-13-18-15(22-19-13)7-6-14(21)17-11-4-2-3-5-11/h9-11H,2-8H2,1H3,(H,17,21). The number of aromatic nitrogens is 4. The van der Waals surface area contributed by atoms with Crippen LogP contribution in [0.25, 0.3) is 0 Å². The fourth-order valence-corrected chi connectivity index (χ4v) is 2.77. The van der Waals surface area contributed by atoms with Gasteiger partial charge in [-0.05, 0) is 12.8 Å². The Balaban J connectivity index is 1.47. The second-order valence-corrected chi connectivity index (χ2v) is 5.83. The average molecular weight is 303 g/mol. The summed E-state index contributed by atoms with van der Waals surface area (Å²) >= 11 is 0. The number of hydrogen-bond donors (Lipinski definition) is 1. The number of nitrogens with one attached hydrogen (secondary N) is 1. The Morgan fingerprint density at radius 3 is 3.00 bits per heavy atom. The van der Waals surface area contributed by atoms with E-state index in [1.165, 1.54) is 12.8 Å². The van der Waals surface area contributed by atoms with E-state index >= 15 is 0 Å². The lowest BCUT2D eigenvalue weighted by Gasteiger charge is -2.10. The molecule has 0 radical (unpaired) electrons. The number of carbonyl (C=O) groups excluding carboxylic acids is 1. The lowest BCUT2D eigenvalue weighted by molar-refractivity contribution is -0.121. The molecule has 0 saturated heterocycles. The Morgan fingerprint density at radius 2 is 2.27 bits per heavy atom. The third kappa shape index (κ3) is 3.72. The molecule has 0 aliphatic heterocycles. The molecule has 0 aromatic carbocycles. The summed E-state index contributed by atoms with van der Waals surface area (Å²) in [5, 5.41) is 7.01. The van der Waals surface area contributed by atoms with Crippen molar-refractivity contribution in [3.05, 3.63) is 29.9 Å². The van der Waals surface area contributed by atoms with E-state index in [1.807, 2.05) is 11.6 Å². The summed E-state index contributed by atoms with van der Waals surface area (Å²) in [5.41, 5.74) is 1.02. The number of nitrogens with zero attached hydrogens (tertiary/aromatic N) is 4. The van der Waals surface area contributed by atoms with Crippen LogP contribution < -0.4 is 5.32 Å². The summed E-state index contributed by atoms with van der Waals surface area (Å²) in [6, 6.07) is 0.357. The van der Waals surface area contributed by atoms with Gasteiger partial charge in [0.25, 0.3) is 0 Å². The predicted octanol–water partition coefficient (Wildman–Crippen LogP) is 1.39. The van der Waals surface area contributed by atoms with Crippen LogP contribution in [0.5, 0.6) is 0 Å². The average Bonchev–Trinajstić information content (AvgIpc) is 3.22. The van der Waals surface area contributed by atoms with Gasteiger partial charge in [0, 0.05) is 37.8 Å². The number of aryl methyl sites for hydroxylation is 2. The summed E-state index contributed by atoms with van der Waals surface area (Å²) < 4.78 is 7.12. The van der Waals surface area contributed by atoms with Crippen molar-refractivity contribution in [2.24, 2.45) is 7.05 Å². The SMILES string of the molecule is Cn1cncc1Cc1noc(CCC(=O)NC2CCCC2)n1. The summed E-state index contributed by atoms with van der Waals surface area (Å²) in [5.74, 6) is 1.20. The zero-order valence-electron chi connectivity index (χ0n) is 12.8. The smallest absolute Gasteiger partial charge is 0.227 e. The summed E-state index contributed by atoms with van der Waals surface area (Å²) in [6.07, 6.45) is 9.60. The van der Waals surface area contributed by atoms with E-state index < -0.39 is 0 Å². The molecular weight excluding hydrogens is 282 g/mol. The van der Waals surface area contributed by atoms with Gasteiger partial charge in [-0.2, -0.15) is 4.98 Å². The molecule has 1 aliphatic carbocycles. The Morgan fingerprint density at radius 1 is 1.45 bits per heavy atom. The van der Waals surface area contributed by atoms with Gasteiger partial charge in [-0.15, -0.1) is 0 Å². The van der Waals surface area contributed by atoms with E-state index in [2.05, 4.69) is 20.4 Å². The molecule has 2 aromatic rings. The lowest BCUT2D eigenvalue weighted by atomic mass is 10.2. The van der Waals surface area contributed by atoms with E-state index in [9.17, 15) is 4.79 Å². The van der Waals surface area contributed by atoms with Gasteiger partial charge in [0.1, 0.15) is 0 Å². The molecule has 0 atom stereocenters. The second-order valence-electron chi connectivity index (χ2n) is 5.83. The molecule has 1 amide bonds. The molecule has 0 bridgehead atoms. The second kappa shape index (κ2) is 6.72. The van der Waals surface area contributed by atoms with E-state index in [-0.39, 0.29) is 5.91 Å². The molecular formula is C15H21N5O2. The number of carbonyl (C=O) groups is 1. The zero-order chi connectivity index (χ0) is 15.4. The van der Waals surface area contributed by atoms with Crippen molar-refractivity contribution in [2.75, 3.05) is 0 Å². The molecule has 7 nitrogen and oxygen atoms in total. The number of rotatable bonds is 6. The van der Waals surface area contributed by atoms with Gasteiger partial charge < -0.3 is 14.4 Å². The van der Waals surface area contributed by atoms with Gasteiger partial charge in [-0.3, -0.25) is 4.79 Å². The van der Waals surface area contributed by atoms with Gasteiger partial charge in [-0.1, -0.05) is 18.0 Å². The molecule has 0 unspecified atom stereocenters. The van der Waals surface area contributed by atoms with Gasteiger partial charge in [0.15, 0.2) is 5.82 Å². The third-order valence-electron chi connectivity index (χ3n) is 4.05. The molecule has 1 aliphatic rings. The largest absolute Gasteiger partial charge is 0.353 e. The van der Waals surface area contributed by atoms with Crippen LogP contribution in [-0.2, 0) is 24.7 Å². The van der Waals surface area contributed by atoms with Crippen LogP contribution in [0.2, 0.25) is 0 Å². The molecule has 2 heterocycles. The van der Waals surface area contributed by atoms with Crippen LogP contribution in [0.1, 0.15) is 49.5 Å². The highest BCUT2D eigenvalue weighted by Gasteiger charge is 2.17. The van der Waals surface area contributed by atoms with Crippen LogP contribution in [0, 0.1) is 0 Å². The highest BCUT2D eigenvalue weighted by atomic mass is 16.5. The Hall–Kier alpha value is -2.18. The first-order valence-electron chi connectivity index (χ1n) is 7.77. The maximum Gasteiger partial charge on any atom is 0.227 e. The van der Waals surface area contributed by atoms with E-state index in [1.54, 1.807) is 12.5 Å². The third-order valence-corrected chi connectivity index (χ3v) is 4.05. The van der Waals surface area contributed by atoms with Gasteiger partial charge >= 0.3 is 0 Å². The number of hydrogen-bond acceptors (Lipinski definition) is 5. The Bertz CT molecular complexity index is 627. The number of amides is 1. The van der Waals surface area contributed by atoms with Gasteiger partial charge in [0.05, 0.1) is 12.7 Å². The first-order chi connectivity index (χ1) is 10.7. The van der Waals surface area contributed by atoms with Crippen molar-refractivity contribution in [1.82, 2.24) is 25.0 Å². The van der Waals surface area contributed by atoms with E-state index in [4.69, 9.17) is 4.52 Å². The minimum atomic E-state index is 0.0679. The number of imidazole rings is 1. The van der Waals surface area contributed by atoms with Gasteiger partial charge in [0.2, 0.25) is 11.8 Å². The molecule has 118 valence electrons. The Kier molecular flexibility index (Phi) is 4.50. The van der Waals surface area contributed by atoms with Gasteiger partial charge in [-0.25, -0.2) is 4.98 Å². The van der Waals surface area contributed by atoms with E-state index in [0.29, 0.717) is 37.0 Å². The molecule has 1 fully saturated rings. The molecule has 1 N–H and O–H groups in total. The van der Waals surface area contributed by atoms with E-state index in [0.717, 1.165) is 18.5 Å². The van der Waals surface area contributed by atoms with Crippen LogP contribution in [0.3, 0.4) is 0 Å². The highest BCUT2D eigenvalue weighted by molar-refractivity contribution is 5.76. The van der Waals surface area contributed by atoms with Crippen molar-refractivity contribution in [1.29, 1.82) is 0 Å².